The summed E-state index contributed by atoms with van der Waals surface area (Å²) in [4.78, 5) is 27.5. The number of nitrogens with zero attached hydrogens (tertiary/aromatic N) is 3. The lowest BCUT2D eigenvalue weighted by Gasteiger charge is -2.27. The Labute approximate surface area is 208 Å². The van der Waals surface area contributed by atoms with Gasteiger partial charge in [-0.2, -0.15) is 5.10 Å². The van der Waals surface area contributed by atoms with E-state index in [1.165, 1.54) is 15.6 Å². The summed E-state index contributed by atoms with van der Waals surface area (Å²) >= 11 is 0. The third-order valence-electron chi connectivity index (χ3n) is 6.23. The van der Waals surface area contributed by atoms with E-state index in [9.17, 15) is 26.4 Å². The van der Waals surface area contributed by atoms with Crippen molar-refractivity contribution in [2.24, 2.45) is 0 Å². The Balaban J connectivity index is 1.63. The number of rotatable bonds is 4. The lowest BCUT2D eigenvalue weighted by molar-refractivity contribution is 0.0517. The van der Waals surface area contributed by atoms with Crippen LogP contribution < -0.4 is 0 Å². The predicted molar refractivity (Wildman–Crippen MR) is 130 cm³/mol. The van der Waals surface area contributed by atoms with Crippen LogP contribution >= 0.6 is 0 Å². The summed E-state index contributed by atoms with van der Waals surface area (Å²) < 4.78 is 56.1. The largest absolute Gasteiger partial charge is 0.461 e. The van der Waals surface area contributed by atoms with Gasteiger partial charge in [-0.15, -0.1) is 0 Å². The molecule has 36 heavy (non-hydrogen) atoms. The Bertz CT molecular complexity index is 1590. The van der Waals surface area contributed by atoms with Crippen LogP contribution in [0.2, 0.25) is 0 Å². The Hall–Kier alpha value is -3.51. The minimum Gasteiger partial charge on any atom is -0.461 e. The van der Waals surface area contributed by atoms with Crippen LogP contribution in [-0.2, 0) is 30.2 Å². The van der Waals surface area contributed by atoms with Crippen LogP contribution in [0.1, 0.15) is 33.3 Å². The van der Waals surface area contributed by atoms with Gasteiger partial charge in [-0.05, 0) is 31.2 Å². The highest BCUT2D eigenvalue weighted by Crippen LogP contribution is 2.40. The standard InChI is InChI=1S/C24H23N3O7S2/c1-2-34-24(29)21-19-15-36(32,33)20-9-4-3-8-18(20)22(19)27(25-21)17-7-5-6-16(14-17)23(28)26-10-12-35(30,31)13-11-26/h3-9,14H,2,10-13,15H2,1H3. The molecule has 1 saturated heterocycles. The van der Waals surface area contributed by atoms with Gasteiger partial charge in [0.1, 0.15) is 0 Å². The quantitative estimate of drug-likeness (QED) is 0.468. The summed E-state index contributed by atoms with van der Waals surface area (Å²) in [5.41, 5.74) is 1.77. The molecule has 0 N–H and O–H groups in total. The number of amides is 1. The molecule has 1 aromatic heterocycles. The molecule has 12 heteroatoms. The van der Waals surface area contributed by atoms with Crippen LogP contribution in [-0.4, -0.2) is 74.6 Å². The maximum Gasteiger partial charge on any atom is 0.359 e. The van der Waals surface area contributed by atoms with Crippen LogP contribution in [0.25, 0.3) is 16.9 Å². The zero-order valence-corrected chi connectivity index (χ0v) is 21.0. The van der Waals surface area contributed by atoms with E-state index in [1.54, 1.807) is 49.4 Å². The zero-order chi connectivity index (χ0) is 25.7. The molecule has 0 atom stereocenters. The molecule has 0 unspecified atom stereocenters. The van der Waals surface area contributed by atoms with Crippen molar-refractivity contribution in [3.05, 3.63) is 65.4 Å². The van der Waals surface area contributed by atoms with E-state index >= 15 is 0 Å². The van der Waals surface area contributed by atoms with Gasteiger partial charge in [0.05, 0.1) is 40.1 Å². The molecule has 10 nitrogen and oxygen atoms in total. The van der Waals surface area contributed by atoms with E-state index in [1.807, 2.05) is 0 Å². The topological polar surface area (TPSA) is 133 Å². The molecule has 0 aliphatic carbocycles. The van der Waals surface area contributed by atoms with Crippen molar-refractivity contribution in [1.82, 2.24) is 14.7 Å². The molecule has 3 heterocycles. The van der Waals surface area contributed by atoms with Crippen LogP contribution in [0.3, 0.4) is 0 Å². The van der Waals surface area contributed by atoms with Crippen LogP contribution in [0.15, 0.2) is 53.4 Å². The first-order valence-electron chi connectivity index (χ1n) is 11.3. The fraction of sp³-hybridized carbons (Fsp3) is 0.292. The smallest absolute Gasteiger partial charge is 0.359 e. The molecule has 2 aliphatic heterocycles. The first kappa shape index (κ1) is 24.2. The molecule has 2 aromatic carbocycles. The van der Waals surface area contributed by atoms with Gasteiger partial charge in [0.2, 0.25) is 0 Å². The van der Waals surface area contributed by atoms with Gasteiger partial charge in [-0.25, -0.2) is 26.3 Å². The molecule has 0 radical (unpaired) electrons. The monoisotopic (exact) mass is 529 g/mol. The number of ether oxygens (including phenoxy) is 1. The van der Waals surface area contributed by atoms with Crippen molar-refractivity contribution in [2.75, 3.05) is 31.2 Å². The number of benzene rings is 2. The van der Waals surface area contributed by atoms with E-state index in [0.29, 0.717) is 22.5 Å². The highest BCUT2D eigenvalue weighted by Gasteiger charge is 2.36. The summed E-state index contributed by atoms with van der Waals surface area (Å²) in [6.07, 6.45) is 0. The number of aromatic nitrogens is 2. The third kappa shape index (κ3) is 4.20. The number of carbonyl (C=O) groups is 2. The number of sulfone groups is 2. The van der Waals surface area contributed by atoms with Crippen molar-refractivity contribution in [3.63, 3.8) is 0 Å². The second-order valence-corrected chi connectivity index (χ2v) is 12.8. The predicted octanol–water partition coefficient (Wildman–Crippen LogP) is 1.87. The fourth-order valence-electron chi connectivity index (χ4n) is 4.48. The number of hydrogen-bond donors (Lipinski definition) is 0. The Kier molecular flexibility index (Phi) is 5.95. The van der Waals surface area contributed by atoms with Crippen molar-refractivity contribution in [1.29, 1.82) is 0 Å². The SMILES string of the molecule is CCOC(=O)c1nn(-c2cccc(C(=O)N3CCS(=O)(=O)CC3)c2)c2c1CS(=O)(=O)c1ccccc1-2. The van der Waals surface area contributed by atoms with Crippen molar-refractivity contribution < 1.29 is 31.2 Å². The summed E-state index contributed by atoms with van der Waals surface area (Å²) in [6.45, 7) is 1.97. The minimum absolute atomic E-state index is 0.0841. The fourth-order valence-corrected chi connectivity index (χ4v) is 7.28. The molecule has 3 aromatic rings. The first-order valence-corrected chi connectivity index (χ1v) is 14.8. The number of hydrogen-bond acceptors (Lipinski definition) is 8. The maximum atomic E-state index is 13.1. The summed E-state index contributed by atoms with van der Waals surface area (Å²) in [7, 11) is -6.85. The van der Waals surface area contributed by atoms with Gasteiger partial charge in [0, 0.05) is 29.8 Å². The van der Waals surface area contributed by atoms with E-state index in [-0.39, 0.29) is 53.3 Å². The molecule has 188 valence electrons. The number of fused-ring (bicyclic) bond motifs is 3. The van der Waals surface area contributed by atoms with Gasteiger partial charge < -0.3 is 9.64 Å². The number of esters is 1. The average molecular weight is 530 g/mol. The highest BCUT2D eigenvalue weighted by molar-refractivity contribution is 7.91. The van der Waals surface area contributed by atoms with Gasteiger partial charge >= 0.3 is 5.97 Å². The normalized spacial score (nSPS) is 17.6. The maximum absolute atomic E-state index is 13.1. The van der Waals surface area contributed by atoms with Crippen LogP contribution in [0.5, 0.6) is 0 Å². The molecular weight excluding hydrogens is 506 g/mol. The van der Waals surface area contributed by atoms with Gasteiger partial charge in [-0.1, -0.05) is 24.3 Å². The van der Waals surface area contributed by atoms with Crippen LogP contribution in [0.4, 0.5) is 0 Å². The molecule has 1 fully saturated rings. The molecular formula is C24H23N3O7S2. The van der Waals surface area contributed by atoms with E-state index in [4.69, 9.17) is 4.74 Å². The molecule has 0 saturated carbocycles. The van der Waals surface area contributed by atoms with Crippen molar-refractivity contribution in [2.45, 2.75) is 17.6 Å². The molecule has 1 amide bonds. The number of carbonyl (C=O) groups excluding carboxylic acids is 2. The molecule has 0 bridgehead atoms. The summed E-state index contributed by atoms with van der Waals surface area (Å²) in [5.74, 6) is -1.63. The Morgan fingerprint density at radius 1 is 1.00 bits per heavy atom. The summed E-state index contributed by atoms with van der Waals surface area (Å²) in [6, 6.07) is 13.1. The first-order chi connectivity index (χ1) is 17.1. The van der Waals surface area contributed by atoms with E-state index in [0.717, 1.165) is 0 Å². The molecule has 2 aliphatic rings. The van der Waals surface area contributed by atoms with E-state index in [2.05, 4.69) is 5.10 Å². The summed E-state index contributed by atoms with van der Waals surface area (Å²) in [5, 5.41) is 4.45. The minimum atomic E-state index is -3.71. The second kappa shape index (κ2) is 8.86. The highest BCUT2D eigenvalue weighted by atomic mass is 32.2. The van der Waals surface area contributed by atoms with Crippen molar-refractivity contribution in [3.8, 4) is 16.9 Å². The molecule has 5 rings (SSSR count). The third-order valence-corrected chi connectivity index (χ3v) is 9.54. The van der Waals surface area contributed by atoms with Crippen LogP contribution in [0, 0.1) is 0 Å². The lowest BCUT2D eigenvalue weighted by Crippen LogP contribution is -2.43. The lowest BCUT2D eigenvalue weighted by atomic mass is 10.1. The van der Waals surface area contributed by atoms with E-state index < -0.39 is 31.4 Å². The van der Waals surface area contributed by atoms with Gasteiger partial charge in [-0.3, -0.25) is 4.79 Å². The average Bonchev–Trinajstić information content (AvgIpc) is 3.23. The van der Waals surface area contributed by atoms with Gasteiger partial charge in [0.15, 0.2) is 25.4 Å². The Morgan fingerprint density at radius 2 is 1.72 bits per heavy atom. The second-order valence-electron chi connectivity index (χ2n) is 8.56. The zero-order valence-electron chi connectivity index (χ0n) is 19.4. The Morgan fingerprint density at radius 3 is 2.44 bits per heavy atom. The van der Waals surface area contributed by atoms with Crippen molar-refractivity contribution >= 4 is 31.6 Å². The van der Waals surface area contributed by atoms with Gasteiger partial charge in [0.25, 0.3) is 5.91 Å². The molecule has 0 spiro atoms.